The summed E-state index contributed by atoms with van der Waals surface area (Å²) in [6.07, 6.45) is 6.38. The first-order chi connectivity index (χ1) is 14.6. The van der Waals surface area contributed by atoms with Gasteiger partial charge >= 0.3 is 0 Å². The molecular formula is C25H29N3O2. The van der Waals surface area contributed by atoms with Crippen LogP contribution in [0.4, 0.5) is 5.69 Å². The van der Waals surface area contributed by atoms with E-state index in [4.69, 9.17) is 0 Å². The number of nitrogens with zero attached hydrogens (tertiary/aromatic N) is 1. The van der Waals surface area contributed by atoms with Crippen LogP contribution < -0.4 is 10.7 Å². The van der Waals surface area contributed by atoms with E-state index in [1.54, 1.807) is 0 Å². The molecule has 2 fully saturated rings. The lowest BCUT2D eigenvalue weighted by atomic mass is 9.88. The fraction of sp³-hybridized carbons (Fsp3) is 0.400. The van der Waals surface area contributed by atoms with E-state index in [1.165, 1.54) is 12.0 Å². The van der Waals surface area contributed by atoms with Gasteiger partial charge in [-0.3, -0.25) is 9.59 Å². The number of nitrogens with one attached hydrogen (secondary N) is 2. The van der Waals surface area contributed by atoms with Crippen LogP contribution in [0.5, 0.6) is 0 Å². The van der Waals surface area contributed by atoms with E-state index < -0.39 is 0 Å². The van der Waals surface area contributed by atoms with E-state index in [1.807, 2.05) is 49.4 Å². The minimum absolute atomic E-state index is 0.00123. The van der Waals surface area contributed by atoms with Gasteiger partial charge in [0, 0.05) is 17.5 Å². The molecule has 0 spiro atoms. The molecule has 0 radical (unpaired) electrons. The maximum absolute atomic E-state index is 12.4. The first kappa shape index (κ1) is 20.3. The Morgan fingerprint density at radius 2 is 1.60 bits per heavy atom. The number of hydrazone groups is 1. The average molecular weight is 404 g/mol. The zero-order chi connectivity index (χ0) is 20.9. The zero-order valence-electron chi connectivity index (χ0n) is 17.4. The Balaban J connectivity index is 1.29. The van der Waals surface area contributed by atoms with Gasteiger partial charge in [-0.15, -0.1) is 0 Å². The highest BCUT2D eigenvalue weighted by Crippen LogP contribution is 2.47. The number of hydrogen-bond donors (Lipinski definition) is 2. The van der Waals surface area contributed by atoms with Crippen LogP contribution in [0.1, 0.15) is 62.5 Å². The van der Waals surface area contributed by atoms with Crippen LogP contribution in [0.15, 0.2) is 59.7 Å². The summed E-state index contributed by atoms with van der Waals surface area (Å²) >= 11 is 0. The number of carbonyl (C=O) groups is 2. The third kappa shape index (κ3) is 4.96. The van der Waals surface area contributed by atoms with Gasteiger partial charge < -0.3 is 5.32 Å². The summed E-state index contributed by atoms with van der Waals surface area (Å²) in [5.74, 6) is 0.534. The standard InChI is InChI=1S/C25H29N3O2/c1-17(27-28-25(30)23-16-22(23)19-8-4-2-5-9-19)18-12-14-21(15-13-18)26-24(29)20-10-6-3-7-11-20/h2,4-5,8-9,12-15,20,22-23H,3,6-7,10-11,16H2,1H3,(H,26,29)(H,28,30)/b27-17-/t22-,23+/m1/s1. The Morgan fingerprint density at radius 3 is 2.30 bits per heavy atom. The van der Waals surface area contributed by atoms with Crippen molar-refractivity contribution in [3.63, 3.8) is 0 Å². The van der Waals surface area contributed by atoms with Crippen LogP contribution >= 0.6 is 0 Å². The minimum Gasteiger partial charge on any atom is -0.326 e. The molecule has 2 aliphatic carbocycles. The van der Waals surface area contributed by atoms with E-state index in [9.17, 15) is 9.59 Å². The molecule has 156 valence electrons. The number of hydrogen-bond acceptors (Lipinski definition) is 3. The Hall–Kier alpha value is -2.95. The van der Waals surface area contributed by atoms with Crippen LogP contribution in [-0.4, -0.2) is 17.5 Å². The zero-order valence-corrected chi connectivity index (χ0v) is 17.4. The predicted octanol–water partition coefficient (Wildman–Crippen LogP) is 4.85. The number of benzene rings is 2. The summed E-state index contributed by atoms with van der Waals surface area (Å²) in [6.45, 7) is 1.87. The second kappa shape index (κ2) is 9.24. The monoisotopic (exact) mass is 403 g/mol. The van der Waals surface area contributed by atoms with Gasteiger partial charge in [-0.2, -0.15) is 5.10 Å². The van der Waals surface area contributed by atoms with Crippen LogP contribution in [0, 0.1) is 11.8 Å². The average Bonchev–Trinajstić information content (AvgIpc) is 3.60. The van der Waals surface area contributed by atoms with Gasteiger partial charge in [0.25, 0.3) is 0 Å². The van der Waals surface area contributed by atoms with Gasteiger partial charge in [-0.05, 0) is 55.4 Å². The molecule has 4 rings (SSSR count). The van der Waals surface area contributed by atoms with E-state index in [2.05, 4.69) is 28.0 Å². The van der Waals surface area contributed by atoms with Crippen molar-refractivity contribution >= 4 is 23.2 Å². The Kier molecular flexibility index (Phi) is 6.26. The van der Waals surface area contributed by atoms with E-state index in [0.717, 1.165) is 49.1 Å². The Labute approximate surface area is 178 Å². The molecule has 2 atom stereocenters. The van der Waals surface area contributed by atoms with Crippen molar-refractivity contribution < 1.29 is 9.59 Å². The highest BCUT2D eigenvalue weighted by molar-refractivity contribution is 6.00. The van der Waals surface area contributed by atoms with Crippen molar-refractivity contribution in [2.75, 3.05) is 5.32 Å². The summed E-state index contributed by atoms with van der Waals surface area (Å²) < 4.78 is 0. The van der Waals surface area contributed by atoms with Crippen molar-refractivity contribution in [2.24, 2.45) is 16.9 Å². The largest absolute Gasteiger partial charge is 0.326 e. The van der Waals surface area contributed by atoms with Crippen molar-refractivity contribution in [3.8, 4) is 0 Å². The second-order valence-electron chi connectivity index (χ2n) is 8.43. The first-order valence-corrected chi connectivity index (χ1v) is 10.9. The molecule has 2 saturated carbocycles. The van der Waals surface area contributed by atoms with Crippen molar-refractivity contribution in [1.82, 2.24) is 5.43 Å². The predicted molar refractivity (Wildman–Crippen MR) is 119 cm³/mol. The second-order valence-corrected chi connectivity index (χ2v) is 8.43. The normalized spacial score (nSPS) is 21.7. The quantitative estimate of drug-likeness (QED) is 0.535. The van der Waals surface area contributed by atoms with Crippen molar-refractivity contribution in [1.29, 1.82) is 0 Å². The lowest BCUT2D eigenvalue weighted by molar-refractivity contribution is -0.122. The molecule has 0 bridgehead atoms. The third-order valence-electron chi connectivity index (χ3n) is 6.23. The lowest BCUT2D eigenvalue weighted by Crippen LogP contribution is -2.24. The Bertz CT molecular complexity index is 915. The van der Waals surface area contributed by atoms with E-state index >= 15 is 0 Å². The summed E-state index contributed by atoms with van der Waals surface area (Å²) in [5.41, 5.74) is 6.38. The Morgan fingerprint density at radius 1 is 0.900 bits per heavy atom. The smallest absolute Gasteiger partial charge is 0.243 e. The van der Waals surface area contributed by atoms with Gasteiger partial charge in [0.05, 0.1) is 5.71 Å². The third-order valence-corrected chi connectivity index (χ3v) is 6.23. The fourth-order valence-electron chi connectivity index (χ4n) is 4.24. The fourth-order valence-corrected chi connectivity index (χ4v) is 4.24. The SMILES string of the molecule is C/C(=N/NC(=O)[C@H]1C[C@@H]1c1ccccc1)c1ccc(NC(=O)C2CCCCC2)cc1. The van der Waals surface area contributed by atoms with Gasteiger partial charge in [0.2, 0.25) is 11.8 Å². The maximum atomic E-state index is 12.4. The number of carbonyl (C=O) groups excluding carboxylic acids is 2. The van der Waals surface area contributed by atoms with E-state index in [0.29, 0.717) is 5.92 Å². The molecule has 2 aromatic carbocycles. The van der Waals surface area contributed by atoms with Crippen LogP contribution in [0.2, 0.25) is 0 Å². The van der Waals surface area contributed by atoms with Crippen LogP contribution in [0.3, 0.4) is 0 Å². The summed E-state index contributed by atoms with van der Waals surface area (Å²) in [6, 6.07) is 17.8. The molecule has 2 aromatic rings. The molecule has 30 heavy (non-hydrogen) atoms. The molecular weight excluding hydrogens is 374 g/mol. The molecule has 2 aliphatic rings. The number of amides is 2. The minimum atomic E-state index is -0.0282. The van der Waals surface area contributed by atoms with Crippen LogP contribution in [0.25, 0.3) is 0 Å². The van der Waals surface area contributed by atoms with E-state index in [-0.39, 0.29) is 23.7 Å². The van der Waals surface area contributed by atoms with Crippen molar-refractivity contribution in [2.45, 2.75) is 51.4 Å². The lowest BCUT2D eigenvalue weighted by Gasteiger charge is -2.20. The molecule has 5 heteroatoms. The highest BCUT2D eigenvalue weighted by atomic mass is 16.2. The molecule has 2 N–H and O–H groups in total. The molecule has 0 aliphatic heterocycles. The molecule has 0 unspecified atom stereocenters. The summed E-state index contributed by atoms with van der Waals surface area (Å²) in [5, 5.41) is 7.30. The van der Waals surface area contributed by atoms with Gasteiger partial charge in [-0.25, -0.2) is 5.43 Å². The molecule has 0 heterocycles. The first-order valence-electron chi connectivity index (χ1n) is 10.9. The summed E-state index contributed by atoms with van der Waals surface area (Å²) in [4.78, 5) is 24.8. The van der Waals surface area contributed by atoms with Gasteiger partial charge in [-0.1, -0.05) is 61.7 Å². The molecule has 5 nitrogen and oxygen atoms in total. The highest BCUT2D eigenvalue weighted by Gasteiger charge is 2.43. The molecule has 0 saturated heterocycles. The van der Waals surface area contributed by atoms with Gasteiger partial charge in [0.1, 0.15) is 0 Å². The van der Waals surface area contributed by atoms with Gasteiger partial charge in [0.15, 0.2) is 0 Å². The number of rotatable bonds is 6. The molecule has 2 amide bonds. The molecule has 0 aromatic heterocycles. The number of anilines is 1. The van der Waals surface area contributed by atoms with Crippen molar-refractivity contribution in [3.05, 3.63) is 65.7 Å². The van der Waals surface area contributed by atoms with Crippen LogP contribution in [-0.2, 0) is 9.59 Å². The topological polar surface area (TPSA) is 70.6 Å². The summed E-state index contributed by atoms with van der Waals surface area (Å²) in [7, 11) is 0. The maximum Gasteiger partial charge on any atom is 0.243 e.